The van der Waals surface area contributed by atoms with E-state index in [-0.39, 0.29) is 0 Å². The molecule has 0 unspecified atom stereocenters. The molecule has 178 valence electrons. The van der Waals surface area contributed by atoms with E-state index in [0.717, 1.165) is 23.9 Å². The quantitative estimate of drug-likeness (QED) is 0.455. The molecule has 0 bridgehead atoms. The number of nitrogens with one attached hydrogen (secondary N) is 1. The minimum absolute atomic E-state index is 0.496. The molecule has 0 radical (unpaired) electrons. The second kappa shape index (κ2) is 10.9. The zero-order chi connectivity index (χ0) is 23.4. The monoisotopic (exact) mass is 463 g/mol. The van der Waals surface area contributed by atoms with Crippen LogP contribution in [0.4, 0.5) is 11.4 Å². The largest absolute Gasteiger partial charge is 0.371 e. The number of hydrogen-bond donors (Lipinski definition) is 1. The summed E-state index contributed by atoms with van der Waals surface area (Å²) < 4.78 is 0. The van der Waals surface area contributed by atoms with E-state index in [1.165, 1.54) is 79.4 Å². The van der Waals surface area contributed by atoms with Gasteiger partial charge < -0.3 is 15.1 Å². The minimum Gasteiger partial charge on any atom is -0.371 e. The van der Waals surface area contributed by atoms with Crippen LogP contribution in [0.25, 0.3) is 0 Å². The van der Waals surface area contributed by atoms with Crippen molar-refractivity contribution in [3.05, 3.63) is 58.7 Å². The predicted octanol–water partition coefficient (Wildman–Crippen LogP) is 7.24. The van der Waals surface area contributed by atoms with Crippen LogP contribution in [0.5, 0.6) is 0 Å². The van der Waals surface area contributed by atoms with Gasteiger partial charge in [-0.3, -0.25) is 0 Å². The highest BCUT2D eigenvalue weighted by Gasteiger charge is 2.29. The Morgan fingerprint density at radius 3 is 2.58 bits per heavy atom. The molecule has 3 nitrogen and oxygen atoms in total. The van der Waals surface area contributed by atoms with E-state index >= 15 is 0 Å². The van der Waals surface area contributed by atoms with E-state index in [1.807, 2.05) is 0 Å². The smallest absolute Gasteiger partial charge is 0.174 e. The fourth-order valence-corrected chi connectivity index (χ4v) is 6.12. The molecule has 1 aliphatic carbocycles. The van der Waals surface area contributed by atoms with E-state index in [1.54, 1.807) is 0 Å². The lowest BCUT2D eigenvalue weighted by atomic mass is 9.84. The SMILES string of the molecule is CCCN1CCCc2cc(CN(C(=S)Nc3c(C)cccc3C)[C@@H]3CCCC[C@H]3C)ccc21. The lowest BCUT2D eigenvalue weighted by Gasteiger charge is -2.41. The Morgan fingerprint density at radius 1 is 1.09 bits per heavy atom. The molecular formula is C29H41N3S. The summed E-state index contributed by atoms with van der Waals surface area (Å²) in [5, 5.41) is 4.52. The third kappa shape index (κ3) is 5.54. The van der Waals surface area contributed by atoms with Gasteiger partial charge in [0.15, 0.2) is 5.11 Å². The van der Waals surface area contributed by atoms with E-state index in [4.69, 9.17) is 12.2 Å². The lowest BCUT2D eigenvalue weighted by molar-refractivity contribution is 0.177. The van der Waals surface area contributed by atoms with Crippen molar-refractivity contribution in [2.75, 3.05) is 23.3 Å². The number of benzene rings is 2. The van der Waals surface area contributed by atoms with Crippen LogP contribution in [0.15, 0.2) is 36.4 Å². The van der Waals surface area contributed by atoms with Crippen LogP contribution < -0.4 is 10.2 Å². The van der Waals surface area contributed by atoms with Gasteiger partial charge in [0, 0.05) is 37.1 Å². The van der Waals surface area contributed by atoms with Crippen LogP contribution >= 0.6 is 12.2 Å². The second-order valence-corrected chi connectivity index (χ2v) is 10.6. The van der Waals surface area contributed by atoms with Crippen molar-refractivity contribution in [1.29, 1.82) is 0 Å². The van der Waals surface area contributed by atoms with Crippen molar-refractivity contribution in [2.45, 2.75) is 85.2 Å². The van der Waals surface area contributed by atoms with E-state index < -0.39 is 0 Å². The van der Waals surface area contributed by atoms with E-state index in [2.05, 4.69) is 79.2 Å². The molecule has 0 spiro atoms. The van der Waals surface area contributed by atoms with Gasteiger partial charge in [0.05, 0.1) is 0 Å². The Morgan fingerprint density at radius 2 is 1.85 bits per heavy atom. The highest BCUT2D eigenvalue weighted by molar-refractivity contribution is 7.80. The Labute approximate surface area is 206 Å². The maximum atomic E-state index is 6.09. The molecule has 2 aliphatic rings. The van der Waals surface area contributed by atoms with E-state index in [0.29, 0.717) is 12.0 Å². The van der Waals surface area contributed by atoms with Gasteiger partial charge in [-0.15, -0.1) is 0 Å². The molecule has 2 aromatic carbocycles. The second-order valence-electron chi connectivity index (χ2n) is 10.2. The molecule has 0 amide bonds. The molecule has 0 aromatic heterocycles. The van der Waals surface area contributed by atoms with E-state index in [9.17, 15) is 0 Å². The van der Waals surface area contributed by atoms with Gasteiger partial charge in [0.2, 0.25) is 0 Å². The minimum atomic E-state index is 0.496. The molecule has 1 aliphatic heterocycles. The molecule has 1 N–H and O–H groups in total. The Kier molecular flexibility index (Phi) is 7.95. The summed E-state index contributed by atoms with van der Waals surface area (Å²) in [5.41, 5.74) is 8.00. The number of rotatable bonds is 6. The number of thiocarbonyl (C=S) groups is 1. The number of hydrogen-bond acceptors (Lipinski definition) is 2. The fourth-order valence-electron chi connectivity index (χ4n) is 5.82. The van der Waals surface area contributed by atoms with Crippen LogP contribution in [-0.2, 0) is 13.0 Å². The summed E-state index contributed by atoms with van der Waals surface area (Å²) in [6.07, 6.45) is 8.81. The first-order valence-electron chi connectivity index (χ1n) is 13.0. The van der Waals surface area contributed by atoms with Crippen LogP contribution in [0, 0.1) is 19.8 Å². The Bertz CT molecular complexity index is 949. The summed E-state index contributed by atoms with van der Waals surface area (Å²) in [6.45, 7) is 12.2. The van der Waals surface area contributed by atoms with Gasteiger partial charge in [-0.1, -0.05) is 57.0 Å². The normalized spacial score (nSPS) is 20.3. The zero-order valence-electron chi connectivity index (χ0n) is 21.0. The van der Waals surface area contributed by atoms with Gasteiger partial charge in [0.1, 0.15) is 0 Å². The van der Waals surface area contributed by atoms with Crippen molar-refractivity contribution in [2.24, 2.45) is 5.92 Å². The average Bonchev–Trinajstić information content (AvgIpc) is 2.81. The molecule has 2 atom stereocenters. The van der Waals surface area contributed by atoms with Gasteiger partial charge in [-0.25, -0.2) is 0 Å². The molecule has 2 aromatic rings. The molecule has 1 fully saturated rings. The van der Waals surface area contributed by atoms with Crippen molar-refractivity contribution < 1.29 is 0 Å². The maximum absolute atomic E-state index is 6.09. The zero-order valence-corrected chi connectivity index (χ0v) is 21.8. The first kappa shape index (κ1) is 24.1. The first-order valence-corrected chi connectivity index (χ1v) is 13.4. The molecule has 33 heavy (non-hydrogen) atoms. The topological polar surface area (TPSA) is 18.5 Å². The van der Waals surface area contributed by atoms with Crippen LogP contribution in [0.3, 0.4) is 0 Å². The summed E-state index contributed by atoms with van der Waals surface area (Å²) in [5.74, 6) is 0.661. The Balaban J connectivity index is 1.60. The third-order valence-corrected chi connectivity index (χ3v) is 7.98. The standard InChI is InChI=1S/C29H41N3S/c1-5-17-31-18-9-13-25-19-24(15-16-27(25)31)20-32(26-14-7-6-10-21(26)2)29(33)30-28-22(3)11-8-12-23(28)4/h8,11-12,15-16,19,21,26H,5-7,9-10,13-14,17-18,20H2,1-4H3,(H,30,33)/t21-,26-/m1/s1. The average molecular weight is 464 g/mol. The Hall–Kier alpha value is -2.07. The summed E-state index contributed by atoms with van der Waals surface area (Å²) in [7, 11) is 0. The van der Waals surface area contributed by atoms with Crippen LogP contribution in [-0.4, -0.2) is 29.1 Å². The maximum Gasteiger partial charge on any atom is 0.174 e. The van der Waals surface area contributed by atoms with Gasteiger partial charge in [0.25, 0.3) is 0 Å². The molecule has 1 saturated carbocycles. The van der Waals surface area contributed by atoms with Crippen LogP contribution in [0.1, 0.15) is 74.6 Å². The van der Waals surface area contributed by atoms with Crippen molar-refractivity contribution >= 4 is 28.7 Å². The first-order chi connectivity index (χ1) is 16.0. The summed E-state index contributed by atoms with van der Waals surface area (Å²) in [6, 6.07) is 14.1. The van der Waals surface area contributed by atoms with Gasteiger partial charge >= 0.3 is 0 Å². The molecular weight excluding hydrogens is 422 g/mol. The highest BCUT2D eigenvalue weighted by Crippen LogP contribution is 2.32. The molecule has 1 heterocycles. The predicted molar refractivity (Wildman–Crippen MR) is 146 cm³/mol. The summed E-state index contributed by atoms with van der Waals surface area (Å²) >= 11 is 6.09. The lowest BCUT2D eigenvalue weighted by Crippen LogP contribution is -2.46. The fraction of sp³-hybridized carbons (Fsp3) is 0.552. The molecule has 4 rings (SSSR count). The number of aryl methyl sites for hydroxylation is 3. The number of anilines is 2. The van der Waals surface area contributed by atoms with Gasteiger partial charge in [-0.2, -0.15) is 0 Å². The third-order valence-electron chi connectivity index (χ3n) is 7.65. The van der Waals surface area contributed by atoms with Gasteiger partial charge in [-0.05, 0) is 92.4 Å². The summed E-state index contributed by atoms with van der Waals surface area (Å²) in [4.78, 5) is 5.07. The molecule has 4 heteroatoms. The highest BCUT2D eigenvalue weighted by atomic mass is 32.1. The number of fused-ring (bicyclic) bond motifs is 1. The van der Waals surface area contributed by atoms with Crippen molar-refractivity contribution in [1.82, 2.24) is 4.90 Å². The molecule has 0 saturated heterocycles. The number of para-hydroxylation sites is 1. The van der Waals surface area contributed by atoms with Crippen molar-refractivity contribution in [3.8, 4) is 0 Å². The number of nitrogens with zero attached hydrogens (tertiary/aromatic N) is 2. The van der Waals surface area contributed by atoms with Crippen LogP contribution in [0.2, 0.25) is 0 Å². The van der Waals surface area contributed by atoms with Crippen molar-refractivity contribution in [3.63, 3.8) is 0 Å².